The fourth-order valence-corrected chi connectivity index (χ4v) is 1.91. The van der Waals surface area contributed by atoms with Crippen molar-refractivity contribution in [1.82, 2.24) is 4.98 Å². The molecule has 2 rings (SSSR count). The van der Waals surface area contributed by atoms with Crippen molar-refractivity contribution in [2.75, 3.05) is 13.7 Å². The number of para-hydroxylation sites is 1. The SMILES string of the molecule is COc1nc2ccccc2cc1C(CN)C(F)F. The molecular formula is C13H14F2N2O. The first-order chi connectivity index (χ1) is 8.67. The van der Waals surface area contributed by atoms with Gasteiger partial charge in [0.05, 0.1) is 18.5 Å². The van der Waals surface area contributed by atoms with Crippen molar-refractivity contribution < 1.29 is 13.5 Å². The van der Waals surface area contributed by atoms with Crippen LogP contribution in [0.15, 0.2) is 30.3 Å². The summed E-state index contributed by atoms with van der Waals surface area (Å²) in [6.07, 6.45) is -2.54. The van der Waals surface area contributed by atoms with E-state index in [9.17, 15) is 8.78 Å². The minimum atomic E-state index is -2.54. The molecule has 0 aliphatic heterocycles. The van der Waals surface area contributed by atoms with Gasteiger partial charge >= 0.3 is 0 Å². The van der Waals surface area contributed by atoms with E-state index in [4.69, 9.17) is 10.5 Å². The molecule has 1 heterocycles. The molecule has 0 amide bonds. The first-order valence-corrected chi connectivity index (χ1v) is 5.59. The van der Waals surface area contributed by atoms with Gasteiger partial charge in [0.2, 0.25) is 12.3 Å². The lowest BCUT2D eigenvalue weighted by atomic mass is 9.99. The molecule has 5 heteroatoms. The first-order valence-electron chi connectivity index (χ1n) is 5.59. The van der Waals surface area contributed by atoms with E-state index < -0.39 is 12.3 Å². The van der Waals surface area contributed by atoms with Crippen LogP contribution in [0.3, 0.4) is 0 Å². The van der Waals surface area contributed by atoms with Crippen LogP contribution in [0.2, 0.25) is 0 Å². The van der Waals surface area contributed by atoms with Gasteiger partial charge in [-0.15, -0.1) is 0 Å². The zero-order valence-corrected chi connectivity index (χ0v) is 9.94. The summed E-state index contributed by atoms with van der Waals surface area (Å²) in [7, 11) is 1.42. The fraction of sp³-hybridized carbons (Fsp3) is 0.308. The molecule has 1 atom stereocenters. The van der Waals surface area contributed by atoms with Crippen molar-refractivity contribution in [3.63, 3.8) is 0 Å². The van der Waals surface area contributed by atoms with Crippen molar-refractivity contribution in [1.29, 1.82) is 0 Å². The summed E-state index contributed by atoms with van der Waals surface area (Å²) in [6, 6.07) is 8.97. The van der Waals surface area contributed by atoms with Crippen LogP contribution in [0.5, 0.6) is 5.88 Å². The van der Waals surface area contributed by atoms with Gasteiger partial charge in [0.15, 0.2) is 0 Å². The van der Waals surface area contributed by atoms with Crippen LogP contribution < -0.4 is 10.5 Å². The number of nitrogens with zero attached hydrogens (tertiary/aromatic N) is 1. The molecule has 1 unspecified atom stereocenters. The maximum Gasteiger partial charge on any atom is 0.246 e. The van der Waals surface area contributed by atoms with Crippen LogP contribution in [0.4, 0.5) is 8.78 Å². The van der Waals surface area contributed by atoms with Gasteiger partial charge in [-0.2, -0.15) is 0 Å². The second kappa shape index (κ2) is 5.27. The molecule has 0 spiro atoms. The molecule has 0 aliphatic carbocycles. The summed E-state index contributed by atoms with van der Waals surface area (Å²) in [6.45, 7) is -0.145. The number of fused-ring (bicyclic) bond motifs is 1. The van der Waals surface area contributed by atoms with Crippen LogP contribution in [-0.2, 0) is 0 Å². The van der Waals surface area contributed by atoms with E-state index in [1.54, 1.807) is 6.07 Å². The van der Waals surface area contributed by atoms with Crippen LogP contribution in [0, 0.1) is 0 Å². The summed E-state index contributed by atoms with van der Waals surface area (Å²) in [5.41, 5.74) is 6.48. The number of rotatable bonds is 4. The molecule has 0 radical (unpaired) electrons. The van der Waals surface area contributed by atoms with Crippen molar-refractivity contribution in [2.45, 2.75) is 12.3 Å². The molecule has 1 aromatic heterocycles. The predicted octanol–water partition coefficient (Wildman–Crippen LogP) is 2.55. The van der Waals surface area contributed by atoms with E-state index in [1.165, 1.54) is 7.11 Å². The Balaban J connectivity index is 2.60. The largest absolute Gasteiger partial charge is 0.481 e. The van der Waals surface area contributed by atoms with Gasteiger partial charge in [-0.25, -0.2) is 13.8 Å². The number of alkyl halides is 2. The zero-order chi connectivity index (χ0) is 13.1. The topological polar surface area (TPSA) is 48.1 Å². The number of pyridine rings is 1. The normalized spacial score (nSPS) is 12.9. The van der Waals surface area contributed by atoms with E-state index in [0.29, 0.717) is 11.1 Å². The van der Waals surface area contributed by atoms with E-state index in [2.05, 4.69) is 4.98 Å². The van der Waals surface area contributed by atoms with Gasteiger partial charge in [-0.1, -0.05) is 18.2 Å². The number of methoxy groups -OCH3 is 1. The molecule has 2 aromatic rings. The van der Waals surface area contributed by atoms with Gasteiger partial charge in [0, 0.05) is 17.5 Å². The Kier molecular flexibility index (Phi) is 3.72. The number of nitrogens with two attached hydrogens (primary N) is 1. The lowest BCUT2D eigenvalue weighted by molar-refractivity contribution is 0.115. The number of hydrogen-bond acceptors (Lipinski definition) is 3. The minimum absolute atomic E-state index is 0.145. The fourth-order valence-electron chi connectivity index (χ4n) is 1.91. The van der Waals surface area contributed by atoms with Crippen LogP contribution in [-0.4, -0.2) is 25.1 Å². The van der Waals surface area contributed by atoms with Crippen molar-refractivity contribution in [3.05, 3.63) is 35.9 Å². The number of hydrogen-bond donors (Lipinski definition) is 1. The zero-order valence-electron chi connectivity index (χ0n) is 9.94. The summed E-state index contributed by atoms with van der Waals surface area (Å²) >= 11 is 0. The van der Waals surface area contributed by atoms with Gasteiger partial charge < -0.3 is 10.5 Å². The Hall–Kier alpha value is -1.75. The molecule has 96 valence electrons. The Morgan fingerprint density at radius 3 is 2.67 bits per heavy atom. The minimum Gasteiger partial charge on any atom is -0.481 e. The highest BCUT2D eigenvalue weighted by Crippen LogP contribution is 2.31. The lowest BCUT2D eigenvalue weighted by Crippen LogP contribution is -2.20. The monoisotopic (exact) mass is 252 g/mol. The van der Waals surface area contributed by atoms with Gasteiger partial charge in [0.25, 0.3) is 0 Å². The number of halogens is 2. The summed E-state index contributed by atoms with van der Waals surface area (Å²) < 4.78 is 31.0. The van der Waals surface area contributed by atoms with Crippen molar-refractivity contribution >= 4 is 10.9 Å². The summed E-state index contributed by atoms with van der Waals surface area (Å²) in [5, 5.41) is 0.799. The first kappa shape index (κ1) is 12.7. The van der Waals surface area contributed by atoms with Crippen molar-refractivity contribution in [2.24, 2.45) is 5.73 Å². The highest BCUT2D eigenvalue weighted by Gasteiger charge is 2.25. The van der Waals surface area contributed by atoms with E-state index in [1.807, 2.05) is 24.3 Å². The molecule has 3 nitrogen and oxygen atoms in total. The maximum absolute atomic E-state index is 12.9. The standard InChI is InChI=1S/C13H14F2N2O/c1-18-13-9(10(7-16)12(14)15)6-8-4-2-3-5-11(8)17-13/h2-6,10,12H,7,16H2,1H3. The summed E-state index contributed by atoms with van der Waals surface area (Å²) in [4.78, 5) is 4.23. The third-order valence-corrected chi connectivity index (χ3v) is 2.87. The molecule has 0 saturated carbocycles. The molecule has 0 aliphatic rings. The second-order valence-corrected chi connectivity index (χ2v) is 3.96. The van der Waals surface area contributed by atoms with E-state index >= 15 is 0 Å². The third kappa shape index (κ3) is 2.26. The average molecular weight is 252 g/mol. The Bertz CT molecular complexity index is 546. The molecule has 0 bridgehead atoms. The van der Waals surface area contributed by atoms with E-state index in [-0.39, 0.29) is 12.4 Å². The Morgan fingerprint density at radius 1 is 1.33 bits per heavy atom. The molecule has 2 N–H and O–H groups in total. The summed E-state index contributed by atoms with van der Waals surface area (Å²) in [5.74, 6) is -0.846. The second-order valence-electron chi connectivity index (χ2n) is 3.96. The van der Waals surface area contributed by atoms with Crippen LogP contribution >= 0.6 is 0 Å². The quantitative estimate of drug-likeness (QED) is 0.909. The molecule has 1 aromatic carbocycles. The van der Waals surface area contributed by atoms with Gasteiger partial charge in [-0.3, -0.25) is 0 Å². The average Bonchev–Trinajstić information content (AvgIpc) is 2.38. The van der Waals surface area contributed by atoms with Gasteiger partial charge in [-0.05, 0) is 12.1 Å². The van der Waals surface area contributed by atoms with Crippen LogP contribution in [0.25, 0.3) is 10.9 Å². The van der Waals surface area contributed by atoms with Crippen LogP contribution in [0.1, 0.15) is 11.5 Å². The predicted molar refractivity (Wildman–Crippen MR) is 66.1 cm³/mol. The van der Waals surface area contributed by atoms with Crippen molar-refractivity contribution in [3.8, 4) is 5.88 Å². The van der Waals surface area contributed by atoms with Gasteiger partial charge in [0.1, 0.15) is 0 Å². The molecule has 18 heavy (non-hydrogen) atoms. The third-order valence-electron chi connectivity index (χ3n) is 2.87. The number of benzene rings is 1. The lowest BCUT2D eigenvalue weighted by Gasteiger charge is -2.17. The van der Waals surface area contributed by atoms with E-state index in [0.717, 1.165) is 5.39 Å². The maximum atomic E-state index is 12.9. The number of ether oxygens (including phenoxy) is 1. The Labute approximate surface area is 104 Å². The molecule has 0 fully saturated rings. The smallest absolute Gasteiger partial charge is 0.246 e. The molecular weight excluding hydrogens is 238 g/mol. The highest BCUT2D eigenvalue weighted by atomic mass is 19.3. The Morgan fingerprint density at radius 2 is 2.06 bits per heavy atom. The highest BCUT2D eigenvalue weighted by molar-refractivity contribution is 5.80. The molecule has 0 saturated heterocycles. The number of aromatic nitrogens is 1.